The van der Waals surface area contributed by atoms with Crippen LogP contribution in [0, 0.1) is 12.7 Å². The number of carbonyl (C=O) groups is 1. The van der Waals surface area contributed by atoms with E-state index >= 15 is 0 Å². The highest BCUT2D eigenvalue weighted by Crippen LogP contribution is 2.33. The summed E-state index contributed by atoms with van der Waals surface area (Å²) in [6.45, 7) is 2.95. The molecule has 5 rings (SSSR count). The smallest absolute Gasteiger partial charge is 0.274 e. The van der Waals surface area contributed by atoms with Gasteiger partial charge in [-0.25, -0.2) is 9.37 Å². The van der Waals surface area contributed by atoms with Crippen LogP contribution in [-0.4, -0.2) is 41.8 Å². The molecule has 10 heteroatoms. The van der Waals surface area contributed by atoms with Crippen LogP contribution in [0.15, 0.2) is 65.7 Å². The first-order valence-electron chi connectivity index (χ1n) is 10.7. The summed E-state index contributed by atoms with van der Waals surface area (Å²) in [6, 6.07) is 15.0. The molecule has 0 saturated heterocycles. The lowest BCUT2D eigenvalue weighted by Gasteiger charge is -2.28. The number of anilines is 2. The maximum absolute atomic E-state index is 13.5. The van der Waals surface area contributed by atoms with Gasteiger partial charge in [-0.05, 0) is 43.3 Å². The van der Waals surface area contributed by atoms with Crippen LogP contribution in [0.2, 0.25) is 0 Å². The number of aryl methyl sites for hydroxylation is 1. The zero-order chi connectivity index (χ0) is 23.8. The second-order valence-electron chi connectivity index (χ2n) is 8.06. The van der Waals surface area contributed by atoms with Gasteiger partial charge in [0.1, 0.15) is 29.5 Å². The van der Waals surface area contributed by atoms with E-state index in [-0.39, 0.29) is 18.1 Å². The Balaban J connectivity index is 1.52. The number of fused-ring (bicyclic) bond motifs is 1. The number of rotatable bonds is 4. The van der Waals surface area contributed by atoms with Crippen molar-refractivity contribution in [2.45, 2.75) is 20.0 Å². The highest BCUT2D eigenvalue weighted by atomic mass is 19.1. The number of hydrogen-bond donors (Lipinski definition) is 2. The quantitative estimate of drug-likeness (QED) is 0.453. The molecule has 4 aromatic rings. The lowest BCUT2D eigenvalue weighted by atomic mass is 10.1. The van der Waals surface area contributed by atoms with Gasteiger partial charge >= 0.3 is 0 Å². The van der Waals surface area contributed by atoms with Gasteiger partial charge < -0.3 is 20.0 Å². The van der Waals surface area contributed by atoms with Gasteiger partial charge in [0.05, 0.1) is 6.54 Å². The van der Waals surface area contributed by atoms with Crippen LogP contribution < -0.4 is 10.9 Å². The Labute approximate surface area is 193 Å². The van der Waals surface area contributed by atoms with Crippen molar-refractivity contribution in [2.24, 2.45) is 0 Å². The van der Waals surface area contributed by atoms with Crippen molar-refractivity contribution < 1.29 is 14.4 Å². The normalized spacial score (nSPS) is 12.9. The molecule has 172 valence electrons. The van der Waals surface area contributed by atoms with Crippen molar-refractivity contribution in [3.8, 4) is 11.3 Å². The van der Waals surface area contributed by atoms with Crippen molar-refractivity contribution in [2.75, 3.05) is 11.9 Å². The number of nitrogens with one attached hydrogen (secondary N) is 1. The molecule has 2 N–H and O–H groups in total. The number of aromatic nitrogens is 4. The molecule has 2 aromatic heterocycles. The number of benzene rings is 2. The van der Waals surface area contributed by atoms with E-state index in [0.717, 1.165) is 35.0 Å². The Hall–Kier alpha value is -4.47. The van der Waals surface area contributed by atoms with Crippen LogP contribution in [0.4, 0.5) is 15.9 Å². The minimum absolute atomic E-state index is 0.166. The summed E-state index contributed by atoms with van der Waals surface area (Å²) in [6.07, 6.45) is 0.900. The van der Waals surface area contributed by atoms with Gasteiger partial charge in [-0.2, -0.15) is 9.71 Å². The first-order chi connectivity index (χ1) is 16.4. The number of hydrogen-bond acceptors (Lipinski definition) is 6. The van der Waals surface area contributed by atoms with Crippen LogP contribution in [0.3, 0.4) is 0 Å². The molecule has 0 aliphatic carbocycles. The van der Waals surface area contributed by atoms with Gasteiger partial charge in [-0.1, -0.05) is 17.7 Å². The van der Waals surface area contributed by atoms with E-state index in [1.807, 2.05) is 35.8 Å². The SMILES string of the molecule is Cc1ccc(Nc2c(-c3ccc(F)cc3)nc3n2CCN(C(=O)c2cc(=O)ncn2O)C3)cc1. The third kappa shape index (κ3) is 4.01. The molecule has 0 unspecified atom stereocenters. The Bertz CT molecular complexity index is 1430. The third-order valence-electron chi connectivity index (χ3n) is 5.71. The Kier molecular flexibility index (Phi) is 5.33. The molecule has 1 amide bonds. The van der Waals surface area contributed by atoms with Crippen LogP contribution >= 0.6 is 0 Å². The number of imidazole rings is 1. The average Bonchev–Trinajstić information content (AvgIpc) is 3.19. The first kappa shape index (κ1) is 21.4. The van der Waals surface area contributed by atoms with Gasteiger partial charge in [0, 0.05) is 30.4 Å². The lowest BCUT2D eigenvalue weighted by molar-refractivity contribution is 0.0651. The number of halogens is 1. The maximum Gasteiger partial charge on any atom is 0.274 e. The molecule has 0 atom stereocenters. The molecule has 2 aromatic carbocycles. The highest BCUT2D eigenvalue weighted by molar-refractivity contribution is 5.92. The van der Waals surface area contributed by atoms with Crippen molar-refractivity contribution in [1.82, 2.24) is 24.2 Å². The van der Waals surface area contributed by atoms with Gasteiger partial charge in [0.25, 0.3) is 11.5 Å². The third-order valence-corrected chi connectivity index (χ3v) is 5.71. The molecule has 0 radical (unpaired) electrons. The van der Waals surface area contributed by atoms with Gasteiger partial charge in [0.2, 0.25) is 0 Å². The van der Waals surface area contributed by atoms with E-state index in [0.29, 0.717) is 29.3 Å². The molecule has 0 saturated carbocycles. The van der Waals surface area contributed by atoms with Crippen molar-refractivity contribution in [3.05, 3.63) is 94.2 Å². The number of amides is 1. The summed E-state index contributed by atoms with van der Waals surface area (Å²) < 4.78 is 16.1. The summed E-state index contributed by atoms with van der Waals surface area (Å²) in [4.78, 5) is 34.3. The van der Waals surface area contributed by atoms with E-state index in [9.17, 15) is 19.2 Å². The van der Waals surface area contributed by atoms with Crippen molar-refractivity contribution in [1.29, 1.82) is 0 Å². The Morgan fingerprint density at radius 3 is 2.56 bits per heavy atom. The van der Waals surface area contributed by atoms with Crippen LogP contribution in [0.5, 0.6) is 0 Å². The van der Waals surface area contributed by atoms with Crippen LogP contribution in [0.25, 0.3) is 11.3 Å². The fourth-order valence-electron chi connectivity index (χ4n) is 3.93. The van der Waals surface area contributed by atoms with E-state index in [1.165, 1.54) is 17.0 Å². The predicted molar refractivity (Wildman–Crippen MR) is 123 cm³/mol. The largest absolute Gasteiger partial charge is 0.427 e. The van der Waals surface area contributed by atoms with Gasteiger partial charge in [-0.3, -0.25) is 9.59 Å². The summed E-state index contributed by atoms with van der Waals surface area (Å²) in [5.41, 5.74) is 2.58. The second kappa shape index (κ2) is 8.47. The molecule has 3 heterocycles. The average molecular weight is 460 g/mol. The summed E-state index contributed by atoms with van der Waals surface area (Å²) in [5, 5.41) is 13.4. The summed E-state index contributed by atoms with van der Waals surface area (Å²) >= 11 is 0. The molecular weight excluding hydrogens is 439 g/mol. The standard InChI is InChI=1S/C24H21FN6O3/c1-15-2-8-18(9-3-15)27-23-22(16-4-6-17(25)7-5-16)28-20-13-29(10-11-30(20)23)24(33)19-12-21(32)26-14-31(19)34/h2-9,12,14,27,34H,10-11,13H2,1H3. The summed E-state index contributed by atoms with van der Waals surface area (Å²) in [5.74, 6) is 0.507. The summed E-state index contributed by atoms with van der Waals surface area (Å²) in [7, 11) is 0. The lowest BCUT2D eigenvalue weighted by Crippen LogP contribution is -2.40. The molecule has 0 bridgehead atoms. The van der Waals surface area contributed by atoms with Gasteiger partial charge in [0.15, 0.2) is 5.69 Å². The number of nitrogens with zero attached hydrogens (tertiary/aromatic N) is 5. The second-order valence-corrected chi connectivity index (χ2v) is 8.06. The maximum atomic E-state index is 13.5. The minimum atomic E-state index is -0.615. The van der Waals surface area contributed by atoms with Crippen molar-refractivity contribution >= 4 is 17.4 Å². The molecule has 34 heavy (non-hydrogen) atoms. The van der Waals surface area contributed by atoms with E-state index < -0.39 is 11.5 Å². The molecule has 0 spiro atoms. The Morgan fingerprint density at radius 1 is 1.09 bits per heavy atom. The topological polar surface area (TPSA) is 105 Å². The van der Waals surface area contributed by atoms with E-state index in [4.69, 9.17) is 4.98 Å². The fraction of sp³-hybridized carbons (Fsp3) is 0.167. The molecule has 1 aliphatic rings. The van der Waals surface area contributed by atoms with Crippen molar-refractivity contribution in [3.63, 3.8) is 0 Å². The zero-order valence-electron chi connectivity index (χ0n) is 18.3. The number of carbonyl (C=O) groups excluding carboxylic acids is 1. The fourth-order valence-corrected chi connectivity index (χ4v) is 3.93. The minimum Gasteiger partial charge on any atom is -0.427 e. The zero-order valence-corrected chi connectivity index (χ0v) is 18.3. The van der Waals surface area contributed by atoms with Crippen LogP contribution in [0.1, 0.15) is 21.9 Å². The molecule has 1 aliphatic heterocycles. The van der Waals surface area contributed by atoms with Crippen LogP contribution in [-0.2, 0) is 13.1 Å². The van der Waals surface area contributed by atoms with E-state index in [1.54, 1.807) is 12.1 Å². The first-order valence-corrected chi connectivity index (χ1v) is 10.7. The Morgan fingerprint density at radius 2 is 1.82 bits per heavy atom. The predicted octanol–water partition coefficient (Wildman–Crippen LogP) is 3.19. The highest BCUT2D eigenvalue weighted by Gasteiger charge is 2.29. The molecular formula is C24H21FN6O3. The molecule has 0 fully saturated rings. The van der Waals surface area contributed by atoms with Gasteiger partial charge in [-0.15, -0.1) is 0 Å². The van der Waals surface area contributed by atoms with E-state index in [2.05, 4.69) is 10.3 Å². The monoisotopic (exact) mass is 460 g/mol. The molecule has 9 nitrogen and oxygen atoms in total.